The first-order chi connectivity index (χ1) is 9.29. The maximum atomic E-state index is 6.02. The first-order valence-electron chi connectivity index (χ1n) is 6.97. The summed E-state index contributed by atoms with van der Waals surface area (Å²) in [5.41, 5.74) is 7.25. The molecule has 1 heterocycles. The van der Waals surface area contributed by atoms with Crippen LogP contribution >= 0.6 is 24.0 Å². The second kappa shape index (κ2) is 9.05. The minimum Gasteiger partial charge on any atom is -0.497 e. The zero-order chi connectivity index (χ0) is 13.5. The average molecular weight is 389 g/mol. The van der Waals surface area contributed by atoms with Crippen molar-refractivity contribution in [3.05, 3.63) is 29.8 Å². The minimum atomic E-state index is 0. The Morgan fingerprint density at radius 2 is 2.05 bits per heavy atom. The van der Waals surface area contributed by atoms with Gasteiger partial charge in [0.25, 0.3) is 0 Å². The third kappa shape index (κ3) is 5.19. The summed E-state index contributed by atoms with van der Waals surface area (Å²) in [6, 6.07) is 8.10. The summed E-state index contributed by atoms with van der Waals surface area (Å²) >= 11 is 0. The highest BCUT2D eigenvalue weighted by Crippen LogP contribution is 2.13. The number of aliphatic imine (C=N–C) groups is 1. The fraction of sp³-hybridized carbons (Fsp3) is 0.533. The molecule has 1 fully saturated rings. The van der Waals surface area contributed by atoms with Crippen molar-refractivity contribution in [2.75, 3.05) is 26.7 Å². The van der Waals surface area contributed by atoms with Crippen LogP contribution in [-0.2, 0) is 6.42 Å². The van der Waals surface area contributed by atoms with E-state index in [-0.39, 0.29) is 24.0 Å². The zero-order valence-electron chi connectivity index (χ0n) is 12.0. The standard InChI is InChI=1S/C15H23N3O.HI/c1-19-14-7-5-6-13(12-14)8-9-17-15(16)18-10-3-2-4-11-18;/h5-7,12H,2-4,8-11H2,1H3,(H2,16,17);1H. The van der Waals surface area contributed by atoms with Gasteiger partial charge in [-0.1, -0.05) is 12.1 Å². The van der Waals surface area contributed by atoms with Crippen LogP contribution in [0.1, 0.15) is 24.8 Å². The van der Waals surface area contributed by atoms with Crippen LogP contribution in [0.5, 0.6) is 5.75 Å². The van der Waals surface area contributed by atoms with Crippen molar-refractivity contribution in [3.63, 3.8) is 0 Å². The van der Waals surface area contributed by atoms with Gasteiger partial charge in [0.2, 0.25) is 0 Å². The van der Waals surface area contributed by atoms with Gasteiger partial charge < -0.3 is 15.4 Å². The number of piperidine rings is 1. The fourth-order valence-corrected chi connectivity index (χ4v) is 2.35. The molecule has 0 bridgehead atoms. The molecule has 1 aliphatic rings. The van der Waals surface area contributed by atoms with Crippen molar-refractivity contribution in [1.29, 1.82) is 0 Å². The Bertz CT molecular complexity index is 431. The number of guanidine groups is 1. The highest BCUT2D eigenvalue weighted by molar-refractivity contribution is 14.0. The number of ether oxygens (including phenoxy) is 1. The van der Waals surface area contributed by atoms with E-state index in [1.807, 2.05) is 18.2 Å². The van der Waals surface area contributed by atoms with Crippen molar-refractivity contribution in [1.82, 2.24) is 4.90 Å². The Kier molecular flexibility index (Phi) is 7.72. The van der Waals surface area contributed by atoms with E-state index in [2.05, 4.69) is 16.0 Å². The van der Waals surface area contributed by atoms with Gasteiger partial charge >= 0.3 is 0 Å². The van der Waals surface area contributed by atoms with E-state index in [9.17, 15) is 0 Å². The van der Waals surface area contributed by atoms with Crippen LogP contribution in [0.4, 0.5) is 0 Å². The molecule has 2 N–H and O–H groups in total. The number of benzene rings is 1. The molecule has 0 saturated carbocycles. The molecular formula is C15H24IN3O. The topological polar surface area (TPSA) is 50.9 Å². The second-order valence-corrected chi connectivity index (χ2v) is 4.89. The quantitative estimate of drug-likeness (QED) is 0.490. The third-order valence-electron chi connectivity index (χ3n) is 3.49. The van der Waals surface area contributed by atoms with Crippen LogP contribution in [0.3, 0.4) is 0 Å². The van der Waals surface area contributed by atoms with E-state index in [1.54, 1.807) is 7.11 Å². The molecule has 0 spiro atoms. The van der Waals surface area contributed by atoms with Crippen LogP contribution in [0.25, 0.3) is 0 Å². The van der Waals surface area contributed by atoms with Gasteiger partial charge in [-0.05, 0) is 43.4 Å². The molecule has 1 aromatic rings. The van der Waals surface area contributed by atoms with E-state index in [0.717, 1.165) is 31.8 Å². The Balaban J connectivity index is 0.00000200. The van der Waals surface area contributed by atoms with Gasteiger partial charge in [0.1, 0.15) is 5.75 Å². The van der Waals surface area contributed by atoms with Crippen LogP contribution in [-0.4, -0.2) is 37.6 Å². The number of halogens is 1. The largest absolute Gasteiger partial charge is 0.497 e. The summed E-state index contributed by atoms with van der Waals surface area (Å²) in [4.78, 5) is 6.67. The summed E-state index contributed by atoms with van der Waals surface area (Å²) in [6.07, 6.45) is 4.66. The van der Waals surface area contributed by atoms with Gasteiger partial charge in [-0.15, -0.1) is 24.0 Å². The molecule has 0 atom stereocenters. The molecular weight excluding hydrogens is 365 g/mol. The zero-order valence-corrected chi connectivity index (χ0v) is 14.4. The normalized spacial score (nSPS) is 15.7. The Morgan fingerprint density at radius 3 is 2.75 bits per heavy atom. The lowest BCUT2D eigenvalue weighted by molar-refractivity contribution is 0.338. The Morgan fingerprint density at radius 1 is 1.30 bits per heavy atom. The summed E-state index contributed by atoms with van der Waals surface area (Å²) in [7, 11) is 1.69. The maximum absolute atomic E-state index is 6.02. The average Bonchev–Trinajstić information content (AvgIpc) is 2.48. The molecule has 1 saturated heterocycles. The van der Waals surface area contributed by atoms with Gasteiger partial charge in [-0.2, -0.15) is 0 Å². The predicted octanol–water partition coefficient (Wildman–Crippen LogP) is 2.66. The van der Waals surface area contributed by atoms with Crippen LogP contribution in [0.2, 0.25) is 0 Å². The van der Waals surface area contributed by atoms with E-state index < -0.39 is 0 Å². The second-order valence-electron chi connectivity index (χ2n) is 4.89. The third-order valence-corrected chi connectivity index (χ3v) is 3.49. The van der Waals surface area contributed by atoms with Gasteiger partial charge in [-0.3, -0.25) is 4.99 Å². The number of rotatable bonds is 4. The summed E-state index contributed by atoms with van der Waals surface area (Å²) in [5, 5.41) is 0. The first kappa shape index (κ1) is 17.1. The number of methoxy groups -OCH3 is 1. The van der Waals surface area contributed by atoms with E-state index in [1.165, 1.54) is 24.8 Å². The van der Waals surface area contributed by atoms with E-state index in [0.29, 0.717) is 5.96 Å². The van der Waals surface area contributed by atoms with Gasteiger partial charge in [0.15, 0.2) is 5.96 Å². The highest BCUT2D eigenvalue weighted by atomic mass is 127. The van der Waals surface area contributed by atoms with Crippen LogP contribution in [0, 0.1) is 0 Å². The van der Waals surface area contributed by atoms with E-state index in [4.69, 9.17) is 10.5 Å². The van der Waals surface area contributed by atoms with Gasteiger partial charge in [0, 0.05) is 19.6 Å². The SMILES string of the molecule is COc1cccc(CCN=C(N)N2CCCCC2)c1.I. The fourth-order valence-electron chi connectivity index (χ4n) is 2.35. The first-order valence-corrected chi connectivity index (χ1v) is 6.97. The molecule has 0 radical (unpaired) electrons. The number of nitrogens with two attached hydrogens (primary N) is 1. The summed E-state index contributed by atoms with van der Waals surface area (Å²) in [5.74, 6) is 1.59. The number of hydrogen-bond donors (Lipinski definition) is 1. The Hall–Kier alpha value is -0.980. The monoisotopic (exact) mass is 389 g/mol. The molecule has 20 heavy (non-hydrogen) atoms. The van der Waals surface area contributed by atoms with Gasteiger partial charge in [-0.25, -0.2) is 0 Å². The predicted molar refractivity (Wildman–Crippen MR) is 94.0 cm³/mol. The highest BCUT2D eigenvalue weighted by Gasteiger charge is 2.11. The molecule has 0 amide bonds. The number of likely N-dealkylation sites (tertiary alicyclic amines) is 1. The smallest absolute Gasteiger partial charge is 0.191 e. The molecule has 0 unspecified atom stereocenters. The molecule has 4 nitrogen and oxygen atoms in total. The van der Waals surface area contributed by atoms with E-state index >= 15 is 0 Å². The van der Waals surface area contributed by atoms with Crippen molar-refractivity contribution < 1.29 is 4.74 Å². The van der Waals surface area contributed by atoms with Crippen molar-refractivity contribution in [3.8, 4) is 5.75 Å². The molecule has 1 aliphatic heterocycles. The summed E-state index contributed by atoms with van der Waals surface area (Å²) in [6.45, 7) is 2.83. The molecule has 5 heteroatoms. The lowest BCUT2D eigenvalue weighted by Gasteiger charge is -2.27. The molecule has 2 rings (SSSR count). The molecule has 0 aromatic heterocycles. The van der Waals surface area contributed by atoms with Crippen molar-refractivity contribution in [2.24, 2.45) is 10.7 Å². The van der Waals surface area contributed by atoms with Crippen LogP contribution in [0.15, 0.2) is 29.3 Å². The maximum Gasteiger partial charge on any atom is 0.191 e. The van der Waals surface area contributed by atoms with Crippen LogP contribution < -0.4 is 10.5 Å². The lowest BCUT2D eigenvalue weighted by atomic mass is 10.1. The number of nitrogens with zero attached hydrogens (tertiary/aromatic N) is 2. The lowest BCUT2D eigenvalue weighted by Crippen LogP contribution is -2.41. The summed E-state index contributed by atoms with van der Waals surface area (Å²) < 4.78 is 5.21. The van der Waals surface area contributed by atoms with Crippen molar-refractivity contribution in [2.45, 2.75) is 25.7 Å². The molecule has 1 aromatic carbocycles. The molecule has 0 aliphatic carbocycles. The van der Waals surface area contributed by atoms with Gasteiger partial charge in [0.05, 0.1) is 7.11 Å². The van der Waals surface area contributed by atoms with Crippen molar-refractivity contribution >= 4 is 29.9 Å². The minimum absolute atomic E-state index is 0. The molecule has 112 valence electrons. The Labute approximate surface area is 138 Å². The number of hydrogen-bond acceptors (Lipinski definition) is 2.